The van der Waals surface area contributed by atoms with E-state index >= 15 is 0 Å². The fourth-order valence-electron chi connectivity index (χ4n) is 2.01. The number of hydrogen-bond acceptors (Lipinski definition) is 4. The molecule has 2 aromatic rings. The van der Waals surface area contributed by atoms with Gasteiger partial charge in [-0.25, -0.2) is 4.79 Å². The molecular formula is C16H12Br2O4. The van der Waals surface area contributed by atoms with E-state index in [1.54, 1.807) is 30.3 Å². The lowest BCUT2D eigenvalue weighted by atomic mass is 9.98. The Hall–Kier alpha value is -1.66. The minimum atomic E-state index is -0.614. The van der Waals surface area contributed by atoms with Gasteiger partial charge in [0.1, 0.15) is 5.75 Å². The van der Waals surface area contributed by atoms with Gasteiger partial charge in [0.05, 0.1) is 28.7 Å². The van der Waals surface area contributed by atoms with Crippen LogP contribution in [0.3, 0.4) is 0 Å². The van der Waals surface area contributed by atoms with E-state index in [9.17, 15) is 9.59 Å². The van der Waals surface area contributed by atoms with E-state index in [4.69, 9.17) is 9.47 Å². The topological polar surface area (TPSA) is 52.6 Å². The second kappa shape index (κ2) is 7.07. The van der Waals surface area contributed by atoms with Crippen LogP contribution in [-0.4, -0.2) is 26.0 Å². The Morgan fingerprint density at radius 2 is 1.68 bits per heavy atom. The number of methoxy groups -OCH3 is 2. The molecule has 0 unspecified atom stereocenters. The van der Waals surface area contributed by atoms with Crippen molar-refractivity contribution in [1.82, 2.24) is 0 Å². The van der Waals surface area contributed by atoms with Gasteiger partial charge in [0.15, 0.2) is 5.78 Å². The van der Waals surface area contributed by atoms with Crippen molar-refractivity contribution in [3.8, 4) is 5.75 Å². The monoisotopic (exact) mass is 426 g/mol. The molecular weight excluding hydrogens is 416 g/mol. The third kappa shape index (κ3) is 3.08. The molecule has 0 amide bonds. The van der Waals surface area contributed by atoms with Crippen LogP contribution in [-0.2, 0) is 4.74 Å². The van der Waals surface area contributed by atoms with E-state index in [2.05, 4.69) is 31.9 Å². The fourth-order valence-corrected chi connectivity index (χ4v) is 3.62. The van der Waals surface area contributed by atoms with Gasteiger partial charge in [0, 0.05) is 11.1 Å². The maximum atomic E-state index is 12.7. The molecule has 0 N–H and O–H groups in total. The first-order valence-corrected chi connectivity index (χ1v) is 7.83. The number of carbonyl (C=O) groups excluding carboxylic acids is 2. The van der Waals surface area contributed by atoms with Crippen molar-refractivity contribution < 1.29 is 19.1 Å². The quantitative estimate of drug-likeness (QED) is 0.541. The lowest BCUT2D eigenvalue weighted by Crippen LogP contribution is -2.13. The zero-order chi connectivity index (χ0) is 16.3. The Kier molecular flexibility index (Phi) is 5.37. The Morgan fingerprint density at radius 1 is 1.05 bits per heavy atom. The van der Waals surface area contributed by atoms with Gasteiger partial charge >= 0.3 is 5.97 Å². The summed E-state index contributed by atoms with van der Waals surface area (Å²) in [5.74, 6) is -0.466. The van der Waals surface area contributed by atoms with Crippen LogP contribution in [0.1, 0.15) is 26.3 Å². The summed E-state index contributed by atoms with van der Waals surface area (Å²) in [6.07, 6.45) is 0. The highest BCUT2D eigenvalue weighted by atomic mass is 79.9. The summed E-state index contributed by atoms with van der Waals surface area (Å²) in [4.78, 5) is 24.8. The molecule has 0 bridgehead atoms. The second-order valence-corrected chi connectivity index (χ2v) is 5.96. The van der Waals surface area contributed by atoms with Gasteiger partial charge in [0.2, 0.25) is 0 Å². The molecule has 2 rings (SSSR count). The van der Waals surface area contributed by atoms with E-state index in [1.807, 2.05) is 6.07 Å². The van der Waals surface area contributed by atoms with Crippen LogP contribution in [0.15, 0.2) is 45.3 Å². The highest BCUT2D eigenvalue weighted by Gasteiger charge is 2.26. The molecule has 6 heteroatoms. The van der Waals surface area contributed by atoms with Crippen LogP contribution in [0, 0.1) is 0 Å². The number of rotatable bonds is 4. The lowest BCUT2D eigenvalue weighted by Gasteiger charge is -2.14. The van der Waals surface area contributed by atoms with Crippen LogP contribution in [0.4, 0.5) is 0 Å². The van der Waals surface area contributed by atoms with Crippen LogP contribution >= 0.6 is 31.9 Å². The Bertz CT molecular complexity index is 727. The largest absolute Gasteiger partial charge is 0.494 e. The van der Waals surface area contributed by atoms with Crippen molar-refractivity contribution >= 4 is 43.6 Å². The predicted octanol–water partition coefficient (Wildman–Crippen LogP) is 4.24. The summed E-state index contributed by atoms with van der Waals surface area (Å²) >= 11 is 6.66. The Morgan fingerprint density at radius 3 is 2.23 bits per heavy atom. The van der Waals surface area contributed by atoms with Crippen molar-refractivity contribution in [3.05, 3.63) is 62.0 Å². The highest BCUT2D eigenvalue weighted by Crippen LogP contribution is 2.39. The van der Waals surface area contributed by atoms with Crippen molar-refractivity contribution in [2.75, 3.05) is 14.2 Å². The fraction of sp³-hybridized carbons (Fsp3) is 0.125. The maximum absolute atomic E-state index is 12.7. The Balaban J connectivity index is 2.70. The first-order chi connectivity index (χ1) is 10.5. The maximum Gasteiger partial charge on any atom is 0.339 e. The van der Waals surface area contributed by atoms with Crippen molar-refractivity contribution in [3.63, 3.8) is 0 Å². The van der Waals surface area contributed by atoms with E-state index in [0.29, 0.717) is 20.3 Å². The summed E-state index contributed by atoms with van der Waals surface area (Å²) in [6, 6.07) is 10.3. The average Bonchev–Trinajstić information content (AvgIpc) is 2.54. The summed E-state index contributed by atoms with van der Waals surface area (Å²) < 4.78 is 11.0. The number of halogens is 2. The molecule has 2 aromatic carbocycles. The summed E-state index contributed by atoms with van der Waals surface area (Å²) in [5, 5.41) is 0. The normalized spacial score (nSPS) is 10.2. The van der Waals surface area contributed by atoms with Gasteiger partial charge in [-0.05, 0) is 37.9 Å². The van der Waals surface area contributed by atoms with Gasteiger partial charge < -0.3 is 9.47 Å². The molecule has 22 heavy (non-hydrogen) atoms. The number of benzene rings is 2. The molecule has 0 spiro atoms. The Labute approximate surface area is 144 Å². The summed E-state index contributed by atoms with van der Waals surface area (Å²) in [7, 11) is 2.74. The third-order valence-corrected chi connectivity index (χ3v) is 4.40. The average molecular weight is 428 g/mol. The van der Waals surface area contributed by atoms with Crippen LogP contribution in [0.5, 0.6) is 5.75 Å². The first-order valence-electron chi connectivity index (χ1n) is 6.25. The molecule has 0 aromatic heterocycles. The van der Waals surface area contributed by atoms with Gasteiger partial charge in [0.25, 0.3) is 0 Å². The molecule has 0 fully saturated rings. The van der Waals surface area contributed by atoms with Gasteiger partial charge in [-0.3, -0.25) is 4.79 Å². The van der Waals surface area contributed by atoms with Crippen molar-refractivity contribution in [1.29, 1.82) is 0 Å². The van der Waals surface area contributed by atoms with Crippen LogP contribution < -0.4 is 4.74 Å². The molecule has 0 heterocycles. The number of ether oxygens (including phenoxy) is 2. The number of ketones is 1. The number of hydrogen-bond donors (Lipinski definition) is 0. The smallest absolute Gasteiger partial charge is 0.339 e. The molecule has 4 nitrogen and oxygen atoms in total. The van der Waals surface area contributed by atoms with Gasteiger partial charge in [-0.2, -0.15) is 0 Å². The molecule has 0 aliphatic carbocycles. The van der Waals surface area contributed by atoms with Crippen LogP contribution in [0.2, 0.25) is 0 Å². The highest BCUT2D eigenvalue weighted by molar-refractivity contribution is 9.11. The van der Waals surface area contributed by atoms with E-state index < -0.39 is 5.97 Å². The minimum absolute atomic E-state index is 0.136. The molecule has 0 radical (unpaired) electrons. The van der Waals surface area contributed by atoms with E-state index in [0.717, 1.165) is 0 Å². The van der Waals surface area contributed by atoms with Crippen molar-refractivity contribution in [2.45, 2.75) is 0 Å². The molecule has 0 saturated heterocycles. The van der Waals surface area contributed by atoms with E-state index in [-0.39, 0.29) is 16.9 Å². The molecule has 0 aliphatic rings. The summed E-state index contributed by atoms with van der Waals surface area (Å²) in [5.41, 5.74) is 0.852. The molecule has 0 aliphatic heterocycles. The van der Waals surface area contributed by atoms with Crippen molar-refractivity contribution in [2.24, 2.45) is 0 Å². The molecule has 114 valence electrons. The van der Waals surface area contributed by atoms with Crippen LogP contribution in [0.25, 0.3) is 0 Å². The number of esters is 1. The predicted molar refractivity (Wildman–Crippen MR) is 89.6 cm³/mol. The first kappa shape index (κ1) is 16.7. The minimum Gasteiger partial charge on any atom is -0.494 e. The zero-order valence-electron chi connectivity index (χ0n) is 11.9. The summed E-state index contributed by atoms with van der Waals surface area (Å²) in [6.45, 7) is 0. The molecule has 0 atom stereocenters. The standard InChI is InChI=1S/C16H12Br2O4/c1-21-15-11(17)8-10(12(13(15)18)16(20)22-2)14(19)9-6-4-3-5-7-9/h3-8H,1-2H3. The lowest BCUT2D eigenvalue weighted by molar-refractivity contribution is 0.0596. The van der Waals surface area contributed by atoms with Gasteiger partial charge in [-0.15, -0.1) is 0 Å². The number of carbonyl (C=O) groups is 2. The molecule has 0 saturated carbocycles. The van der Waals surface area contributed by atoms with E-state index in [1.165, 1.54) is 14.2 Å². The SMILES string of the molecule is COC(=O)c1c(C(=O)c2ccccc2)cc(Br)c(OC)c1Br. The second-order valence-electron chi connectivity index (χ2n) is 4.31. The zero-order valence-corrected chi connectivity index (χ0v) is 15.0. The third-order valence-electron chi connectivity index (χ3n) is 3.05. The van der Waals surface area contributed by atoms with Gasteiger partial charge in [-0.1, -0.05) is 30.3 Å².